The Hall–Kier alpha value is -2.87. The molecule has 0 aliphatic carbocycles. The highest BCUT2D eigenvalue weighted by Gasteiger charge is 2.24. The fourth-order valence-electron chi connectivity index (χ4n) is 2.71. The summed E-state index contributed by atoms with van der Waals surface area (Å²) in [5.41, 5.74) is 1.54. The van der Waals surface area contributed by atoms with E-state index in [0.29, 0.717) is 12.2 Å². The molecule has 1 amide bonds. The maximum Gasteiger partial charge on any atom is 0.282 e. The molecule has 8 heteroatoms. The summed E-state index contributed by atoms with van der Waals surface area (Å²) in [6, 6.07) is 13.2. The molecule has 0 spiro atoms. The summed E-state index contributed by atoms with van der Waals surface area (Å²) in [6.07, 6.45) is 2.65. The predicted octanol–water partition coefficient (Wildman–Crippen LogP) is 3.70. The zero-order valence-corrected chi connectivity index (χ0v) is 15.0. The number of aromatic amines is 1. The van der Waals surface area contributed by atoms with Crippen LogP contribution in [-0.2, 0) is 0 Å². The minimum atomic E-state index is -0.549. The second-order valence-electron chi connectivity index (χ2n) is 5.72. The third-order valence-corrected chi connectivity index (χ3v) is 4.64. The Bertz CT molecular complexity index is 908. The summed E-state index contributed by atoms with van der Waals surface area (Å²) in [6.45, 7) is 0. The van der Waals surface area contributed by atoms with Crippen molar-refractivity contribution >= 4 is 34.4 Å². The molecule has 134 valence electrons. The number of imidazole rings is 1. The summed E-state index contributed by atoms with van der Waals surface area (Å²) in [5, 5.41) is 14.1. The van der Waals surface area contributed by atoms with Crippen LogP contribution >= 0.6 is 11.8 Å². The number of carbonyl (C=O) groups excluding carboxylic acids is 1. The molecule has 0 aliphatic heterocycles. The third-order valence-electron chi connectivity index (χ3n) is 4.00. The van der Waals surface area contributed by atoms with Gasteiger partial charge in [-0.1, -0.05) is 24.3 Å². The van der Waals surface area contributed by atoms with Crippen LogP contribution in [0.3, 0.4) is 0 Å². The summed E-state index contributed by atoms with van der Waals surface area (Å²) < 4.78 is 0. The van der Waals surface area contributed by atoms with Gasteiger partial charge in [-0.25, -0.2) is 4.98 Å². The van der Waals surface area contributed by atoms with Crippen molar-refractivity contribution < 1.29 is 9.72 Å². The lowest BCUT2D eigenvalue weighted by Crippen LogP contribution is -2.30. The number of benzene rings is 2. The Morgan fingerprint density at radius 1 is 1.27 bits per heavy atom. The lowest BCUT2D eigenvalue weighted by Gasteiger charge is -2.16. The maximum absolute atomic E-state index is 12.7. The van der Waals surface area contributed by atoms with Crippen molar-refractivity contribution in [3.8, 4) is 0 Å². The minimum Gasteiger partial charge on any atom is -0.342 e. The third kappa shape index (κ3) is 3.85. The van der Waals surface area contributed by atoms with Gasteiger partial charge < -0.3 is 10.3 Å². The van der Waals surface area contributed by atoms with Crippen LogP contribution in [0.5, 0.6) is 0 Å². The molecule has 0 fully saturated rings. The number of thioether (sulfide) groups is 1. The summed E-state index contributed by atoms with van der Waals surface area (Å²) in [7, 11) is 0. The van der Waals surface area contributed by atoms with Crippen LogP contribution in [-0.4, -0.2) is 32.8 Å². The molecular formula is C18H18N4O3S. The lowest BCUT2D eigenvalue weighted by atomic mass is 10.1. The molecule has 3 aromatic rings. The first-order valence-corrected chi connectivity index (χ1v) is 9.47. The van der Waals surface area contributed by atoms with Gasteiger partial charge in [0.25, 0.3) is 11.6 Å². The smallest absolute Gasteiger partial charge is 0.282 e. The van der Waals surface area contributed by atoms with E-state index in [1.165, 1.54) is 12.1 Å². The zero-order valence-electron chi connectivity index (χ0n) is 14.1. The first-order chi connectivity index (χ1) is 12.6. The van der Waals surface area contributed by atoms with Gasteiger partial charge in [0.2, 0.25) is 0 Å². The molecular weight excluding hydrogens is 352 g/mol. The second-order valence-corrected chi connectivity index (χ2v) is 6.71. The van der Waals surface area contributed by atoms with E-state index in [2.05, 4.69) is 15.3 Å². The van der Waals surface area contributed by atoms with E-state index in [4.69, 9.17) is 0 Å². The van der Waals surface area contributed by atoms with Crippen LogP contribution in [0.1, 0.15) is 28.6 Å². The number of rotatable bonds is 7. The van der Waals surface area contributed by atoms with Gasteiger partial charge in [-0.3, -0.25) is 14.9 Å². The van der Waals surface area contributed by atoms with E-state index in [0.717, 1.165) is 16.8 Å². The molecule has 26 heavy (non-hydrogen) atoms. The molecule has 1 atom stereocenters. The lowest BCUT2D eigenvalue weighted by molar-refractivity contribution is -0.385. The average molecular weight is 370 g/mol. The topological polar surface area (TPSA) is 101 Å². The van der Waals surface area contributed by atoms with Crippen molar-refractivity contribution in [2.45, 2.75) is 12.5 Å². The number of para-hydroxylation sites is 3. The van der Waals surface area contributed by atoms with Crippen LogP contribution in [0, 0.1) is 10.1 Å². The number of hydrogen-bond donors (Lipinski definition) is 2. The highest BCUT2D eigenvalue weighted by atomic mass is 32.2. The molecule has 2 aromatic carbocycles. The van der Waals surface area contributed by atoms with Crippen LogP contribution in [0.25, 0.3) is 11.0 Å². The van der Waals surface area contributed by atoms with Crippen LogP contribution in [0.15, 0.2) is 48.5 Å². The van der Waals surface area contributed by atoms with E-state index in [1.807, 2.05) is 30.5 Å². The molecule has 0 aliphatic rings. The normalized spacial score (nSPS) is 12.0. The zero-order chi connectivity index (χ0) is 18.5. The van der Waals surface area contributed by atoms with Crippen molar-refractivity contribution in [2.75, 3.05) is 12.0 Å². The minimum absolute atomic E-state index is 0.0442. The van der Waals surface area contributed by atoms with Gasteiger partial charge in [0.1, 0.15) is 11.4 Å². The Morgan fingerprint density at radius 2 is 2.00 bits per heavy atom. The Morgan fingerprint density at radius 3 is 2.73 bits per heavy atom. The number of fused-ring (bicyclic) bond motifs is 1. The fourth-order valence-corrected chi connectivity index (χ4v) is 3.18. The number of hydrogen-bond acceptors (Lipinski definition) is 5. The molecule has 2 N–H and O–H groups in total. The van der Waals surface area contributed by atoms with Crippen LogP contribution in [0.4, 0.5) is 5.69 Å². The molecule has 3 rings (SSSR count). The van der Waals surface area contributed by atoms with Gasteiger partial charge in [-0.15, -0.1) is 0 Å². The fraction of sp³-hybridized carbons (Fsp3) is 0.222. The van der Waals surface area contributed by atoms with Crippen molar-refractivity contribution in [3.63, 3.8) is 0 Å². The van der Waals surface area contributed by atoms with Crippen molar-refractivity contribution in [1.82, 2.24) is 15.3 Å². The Kier molecular flexibility index (Phi) is 5.52. The molecule has 0 saturated heterocycles. The number of H-pyrrole nitrogens is 1. The van der Waals surface area contributed by atoms with Gasteiger partial charge in [-0.05, 0) is 36.6 Å². The van der Waals surface area contributed by atoms with E-state index >= 15 is 0 Å². The summed E-state index contributed by atoms with van der Waals surface area (Å²) >= 11 is 1.66. The highest BCUT2D eigenvalue weighted by molar-refractivity contribution is 7.98. The monoisotopic (exact) mass is 370 g/mol. The van der Waals surface area contributed by atoms with Crippen LogP contribution < -0.4 is 5.32 Å². The van der Waals surface area contributed by atoms with Crippen molar-refractivity contribution in [2.24, 2.45) is 0 Å². The van der Waals surface area contributed by atoms with E-state index in [9.17, 15) is 14.9 Å². The van der Waals surface area contributed by atoms with Gasteiger partial charge >= 0.3 is 0 Å². The van der Waals surface area contributed by atoms with Crippen molar-refractivity contribution in [1.29, 1.82) is 0 Å². The van der Waals surface area contributed by atoms with E-state index in [1.54, 1.807) is 23.9 Å². The van der Waals surface area contributed by atoms with E-state index < -0.39 is 10.8 Å². The Balaban J connectivity index is 1.89. The molecule has 0 bridgehead atoms. The first-order valence-electron chi connectivity index (χ1n) is 8.08. The highest BCUT2D eigenvalue weighted by Crippen LogP contribution is 2.23. The number of amides is 1. The predicted molar refractivity (Wildman–Crippen MR) is 102 cm³/mol. The molecule has 0 radical (unpaired) electrons. The number of nitro benzene ring substituents is 1. The van der Waals surface area contributed by atoms with Gasteiger partial charge in [-0.2, -0.15) is 11.8 Å². The van der Waals surface area contributed by atoms with Crippen molar-refractivity contribution in [3.05, 3.63) is 70.0 Å². The largest absolute Gasteiger partial charge is 0.342 e. The number of nitrogens with zero attached hydrogens (tertiary/aromatic N) is 2. The van der Waals surface area contributed by atoms with Crippen LogP contribution in [0.2, 0.25) is 0 Å². The standard InChI is InChI=1S/C18H18N4O3S/c1-26-11-10-15(17-19-13-7-3-4-8-14(13)20-17)21-18(23)12-6-2-5-9-16(12)22(24)25/h2-9,15H,10-11H2,1H3,(H,19,20)(H,21,23). The molecule has 7 nitrogen and oxygen atoms in total. The number of aromatic nitrogens is 2. The number of nitrogens with one attached hydrogen (secondary N) is 2. The molecule has 1 aromatic heterocycles. The van der Waals surface area contributed by atoms with Gasteiger partial charge in [0.15, 0.2) is 0 Å². The molecule has 1 heterocycles. The summed E-state index contributed by atoms with van der Waals surface area (Å²) in [5.74, 6) is 0.981. The molecule has 1 unspecified atom stereocenters. The second kappa shape index (κ2) is 8.01. The molecule has 0 saturated carbocycles. The quantitative estimate of drug-likeness (QED) is 0.488. The SMILES string of the molecule is CSCCC(NC(=O)c1ccccc1[N+](=O)[O-])c1nc2ccccc2[nH]1. The average Bonchev–Trinajstić information content (AvgIpc) is 3.09. The first kappa shape index (κ1) is 17.9. The Labute approximate surface area is 154 Å². The maximum atomic E-state index is 12.7. The number of nitro groups is 1. The number of carbonyl (C=O) groups is 1. The van der Waals surface area contributed by atoms with Gasteiger partial charge in [0.05, 0.1) is 22.0 Å². The van der Waals surface area contributed by atoms with Gasteiger partial charge in [0, 0.05) is 6.07 Å². The van der Waals surface area contributed by atoms with E-state index in [-0.39, 0.29) is 17.3 Å². The summed E-state index contributed by atoms with van der Waals surface area (Å²) in [4.78, 5) is 31.1.